The first-order valence-corrected chi connectivity index (χ1v) is 6.77. The second-order valence-electron chi connectivity index (χ2n) is 3.67. The molecule has 0 atom stereocenters. The van der Waals surface area contributed by atoms with Crippen molar-refractivity contribution in [2.45, 2.75) is 13.3 Å². The summed E-state index contributed by atoms with van der Waals surface area (Å²) >= 11 is 7.47. The summed E-state index contributed by atoms with van der Waals surface area (Å²) in [4.78, 5) is 5.84. The van der Waals surface area contributed by atoms with E-state index in [1.54, 1.807) is 18.4 Å². The van der Waals surface area contributed by atoms with Crippen molar-refractivity contribution in [2.75, 3.05) is 13.0 Å². The van der Waals surface area contributed by atoms with Crippen LogP contribution in [0.2, 0.25) is 0 Å². The van der Waals surface area contributed by atoms with Crippen molar-refractivity contribution in [3.63, 3.8) is 0 Å². The molecule has 0 amide bonds. The van der Waals surface area contributed by atoms with E-state index in [0.29, 0.717) is 5.88 Å². The highest BCUT2D eigenvalue weighted by Crippen LogP contribution is 2.34. The lowest BCUT2D eigenvalue weighted by atomic mass is 10.2. The van der Waals surface area contributed by atoms with E-state index in [1.807, 2.05) is 31.2 Å². The molecule has 0 N–H and O–H groups in total. The van der Waals surface area contributed by atoms with Gasteiger partial charge in [0.25, 0.3) is 0 Å². The normalized spacial score (nSPS) is 10.5. The van der Waals surface area contributed by atoms with Gasteiger partial charge in [-0.25, -0.2) is 4.98 Å². The van der Waals surface area contributed by atoms with Crippen LogP contribution in [0.5, 0.6) is 5.75 Å². The Hall–Kier alpha value is -1.06. The van der Waals surface area contributed by atoms with E-state index in [9.17, 15) is 0 Å². The summed E-state index contributed by atoms with van der Waals surface area (Å²) in [5.41, 5.74) is 2.11. The van der Waals surface area contributed by atoms with Crippen LogP contribution >= 0.6 is 22.9 Å². The minimum Gasteiger partial charge on any atom is -0.496 e. The predicted molar refractivity (Wildman–Crippen MR) is 73.3 cm³/mol. The van der Waals surface area contributed by atoms with Crippen LogP contribution in [0.25, 0.3) is 10.6 Å². The number of hydrogen-bond acceptors (Lipinski definition) is 3. The Morgan fingerprint density at radius 2 is 2.12 bits per heavy atom. The van der Waals surface area contributed by atoms with Gasteiger partial charge in [-0.05, 0) is 25.5 Å². The maximum absolute atomic E-state index is 5.78. The van der Waals surface area contributed by atoms with Gasteiger partial charge in [0.2, 0.25) is 0 Å². The number of alkyl halides is 1. The number of halogens is 1. The minimum absolute atomic E-state index is 0.633. The van der Waals surface area contributed by atoms with Crippen LogP contribution in [0, 0.1) is 6.92 Å². The van der Waals surface area contributed by atoms with Gasteiger partial charge in [-0.3, -0.25) is 0 Å². The van der Waals surface area contributed by atoms with Gasteiger partial charge in [-0.2, -0.15) is 0 Å². The average molecular weight is 268 g/mol. The van der Waals surface area contributed by atoms with E-state index in [0.717, 1.165) is 28.4 Å². The SMILES string of the molecule is COc1ccccc1-c1nc(C)c(CCCl)s1. The minimum atomic E-state index is 0.633. The van der Waals surface area contributed by atoms with E-state index >= 15 is 0 Å². The van der Waals surface area contributed by atoms with Crippen molar-refractivity contribution in [1.82, 2.24) is 4.98 Å². The molecule has 0 saturated carbocycles. The summed E-state index contributed by atoms with van der Waals surface area (Å²) in [6, 6.07) is 7.94. The summed E-state index contributed by atoms with van der Waals surface area (Å²) in [7, 11) is 1.68. The van der Waals surface area contributed by atoms with Crippen LogP contribution in [0.4, 0.5) is 0 Å². The van der Waals surface area contributed by atoms with Crippen LogP contribution in [0.1, 0.15) is 10.6 Å². The Morgan fingerprint density at radius 1 is 1.35 bits per heavy atom. The number of aryl methyl sites for hydroxylation is 2. The first kappa shape index (κ1) is 12.4. The summed E-state index contributed by atoms with van der Waals surface area (Å²) in [6.07, 6.45) is 0.875. The Bertz CT molecular complexity index is 510. The number of methoxy groups -OCH3 is 1. The van der Waals surface area contributed by atoms with Crippen molar-refractivity contribution in [3.8, 4) is 16.3 Å². The molecular formula is C13H14ClNOS. The number of benzene rings is 1. The topological polar surface area (TPSA) is 22.1 Å². The van der Waals surface area contributed by atoms with Crippen molar-refractivity contribution < 1.29 is 4.74 Å². The molecule has 0 bridgehead atoms. The molecule has 0 aliphatic carbocycles. The standard InChI is InChI=1S/C13H14ClNOS/c1-9-12(7-8-14)17-13(15-9)10-5-3-4-6-11(10)16-2/h3-6H,7-8H2,1-2H3. The lowest BCUT2D eigenvalue weighted by Crippen LogP contribution is -1.86. The third-order valence-corrected chi connectivity index (χ3v) is 3.99. The second kappa shape index (κ2) is 5.52. The highest BCUT2D eigenvalue weighted by Gasteiger charge is 2.12. The van der Waals surface area contributed by atoms with Gasteiger partial charge in [0.15, 0.2) is 0 Å². The maximum atomic E-state index is 5.78. The highest BCUT2D eigenvalue weighted by atomic mass is 35.5. The zero-order valence-corrected chi connectivity index (χ0v) is 11.4. The first-order valence-electron chi connectivity index (χ1n) is 5.42. The molecule has 0 aliphatic rings. The molecule has 2 rings (SSSR count). The average Bonchev–Trinajstić information content (AvgIpc) is 2.71. The molecule has 2 aromatic rings. The number of ether oxygens (including phenoxy) is 1. The number of rotatable bonds is 4. The van der Waals surface area contributed by atoms with Gasteiger partial charge in [-0.15, -0.1) is 22.9 Å². The summed E-state index contributed by atoms with van der Waals surface area (Å²) in [5.74, 6) is 1.49. The number of aromatic nitrogens is 1. The fraction of sp³-hybridized carbons (Fsp3) is 0.308. The van der Waals surface area contributed by atoms with Gasteiger partial charge >= 0.3 is 0 Å². The monoisotopic (exact) mass is 267 g/mol. The predicted octanol–water partition coefficient (Wildman–Crippen LogP) is 3.91. The number of para-hydroxylation sites is 1. The van der Waals surface area contributed by atoms with Crippen LogP contribution in [0.3, 0.4) is 0 Å². The molecule has 90 valence electrons. The van der Waals surface area contributed by atoms with Gasteiger partial charge in [0.1, 0.15) is 10.8 Å². The number of hydrogen-bond donors (Lipinski definition) is 0. The van der Waals surface area contributed by atoms with Crippen molar-refractivity contribution >= 4 is 22.9 Å². The molecule has 0 spiro atoms. The number of thiazole rings is 1. The van der Waals surface area contributed by atoms with E-state index in [1.165, 1.54) is 4.88 Å². The number of nitrogens with zero attached hydrogens (tertiary/aromatic N) is 1. The highest BCUT2D eigenvalue weighted by molar-refractivity contribution is 7.15. The van der Waals surface area contributed by atoms with Crippen LogP contribution < -0.4 is 4.74 Å². The molecule has 1 heterocycles. The Labute approximate surface area is 110 Å². The molecule has 0 saturated heterocycles. The molecule has 2 nitrogen and oxygen atoms in total. The van der Waals surface area contributed by atoms with E-state index in [-0.39, 0.29) is 0 Å². The Kier molecular flexibility index (Phi) is 4.02. The van der Waals surface area contributed by atoms with Gasteiger partial charge in [0, 0.05) is 10.8 Å². The fourth-order valence-corrected chi connectivity index (χ4v) is 3.08. The Balaban J connectivity index is 2.42. The van der Waals surface area contributed by atoms with Crippen molar-refractivity contribution in [1.29, 1.82) is 0 Å². The summed E-state index contributed by atoms with van der Waals surface area (Å²) in [5, 5.41) is 1.00. The molecule has 0 radical (unpaired) electrons. The third-order valence-electron chi connectivity index (χ3n) is 2.55. The largest absolute Gasteiger partial charge is 0.496 e. The van der Waals surface area contributed by atoms with Crippen LogP contribution in [-0.4, -0.2) is 18.0 Å². The molecule has 17 heavy (non-hydrogen) atoms. The molecule has 0 aliphatic heterocycles. The van der Waals surface area contributed by atoms with Gasteiger partial charge < -0.3 is 4.74 Å². The quantitative estimate of drug-likeness (QED) is 0.784. The van der Waals surface area contributed by atoms with Crippen LogP contribution in [-0.2, 0) is 6.42 Å². The summed E-state index contributed by atoms with van der Waals surface area (Å²) < 4.78 is 5.35. The van der Waals surface area contributed by atoms with Crippen LogP contribution in [0.15, 0.2) is 24.3 Å². The van der Waals surface area contributed by atoms with Gasteiger partial charge in [0.05, 0.1) is 18.4 Å². The Morgan fingerprint density at radius 3 is 2.82 bits per heavy atom. The molecule has 0 unspecified atom stereocenters. The van der Waals surface area contributed by atoms with Gasteiger partial charge in [-0.1, -0.05) is 12.1 Å². The van der Waals surface area contributed by atoms with Crippen molar-refractivity contribution in [2.24, 2.45) is 0 Å². The summed E-state index contributed by atoms with van der Waals surface area (Å²) in [6.45, 7) is 2.03. The zero-order chi connectivity index (χ0) is 12.3. The molecule has 1 aromatic heterocycles. The molecule has 1 aromatic carbocycles. The molecular weight excluding hydrogens is 254 g/mol. The third kappa shape index (κ3) is 2.61. The zero-order valence-electron chi connectivity index (χ0n) is 9.87. The molecule has 0 fully saturated rings. The van der Waals surface area contributed by atoms with E-state index < -0.39 is 0 Å². The maximum Gasteiger partial charge on any atom is 0.129 e. The first-order chi connectivity index (χ1) is 8.26. The second-order valence-corrected chi connectivity index (χ2v) is 5.13. The smallest absolute Gasteiger partial charge is 0.129 e. The van der Waals surface area contributed by atoms with E-state index in [2.05, 4.69) is 4.98 Å². The van der Waals surface area contributed by atoms with Crippen molar-refractivity contribution in [3.05, 3.63) is 34.8 Å². The van der Waals surface area contributed by atoms with E-state index in [4.69, 9.17) is 16.3 Å². The lowest BCUT2D eigenvalue weighted by molar-refractivity contribution is 0.416. The lowest BCUT2D eigenvalue weighted by Gasteiger charge is -2.04. The molecule has 4 heteroatoms. The fourth-order valence-electron chi connectivity index (χ4n) is 1.68.